The van der Waals surface area contributed by atoms with Crippen LogP contribution in [0.5, 0.6) is 11.5 Å². The van der Waals surface area contributed by atoms with Gasteiger partial charge in [-0.25, -0.2) is 4.39 Å². The highest BCUT2D eigenvalue weighted by molar-refractivity contribution is 6.09. The topological polar surface area (TPSA) is 68.3 Å². The lowest BCUT2D eigenvalue weighted by Crippen LogP contribution is -2.41. The van der Waals surface area contributed by atoms with Crippen LogP contribution in [0.4, 0.5) is 15.8 Å². The molecule has 0 N–H and O–H groups in total. The van der Waals surface area contributed by atoms with Crippen LogP contribution in [-0.2, 0) is 16.1 Å². The average molecular weight is 595 g/mol. The fourth-order valence-corrected chi connectivity index (χ4v) is 6.12. The number of aryl methyl sites for hydroxylation is 1. The van der Waals surface area contributed by atoms with Gasteiger partial charge in [0.05, 0.1) is 18.7 Å². The van der Waals surface area contributed by atoms with E-state index in [2.05, 4.69) is 4.90 Å². The van der Waals surface area contributed by atoms with Crippen LogP contribution in [0.15, 0.2) is 91.0 Å². The van der Waals surface area contributed by atoms with Crippen molar-refractivity contribution >= 4 is 23.3 Å². The van der Waals surface area contributed by atoms with Crippen LogP contribution < -0.4 is 19.3 Å². The molecule has 0 saturated carbocycles. The number of likely N-dealkylation sites (N-methyl/N-ethyl adjacent to an activating group) is 1. The summed E-state index contributed by atoms with van der Waals surface area (Å²) in [4.78, 5) is 30.7. The molecular formula is C36H35FN2O5. The zero-order valence-corrected chi connectivity index (χ0v) is 25.0. The maximum absolute atomic E-state index is 14.4. The average Bonchev–Trinajstić information content (AvgIpc) is 3.29. The van der Waals surface area contributed by atoms with E-state index in [0.717, 1.165) is 22.6 Å². The van der Waals surface area contributed by atoms with Gasteiger partial charge >= 0.3 is 5.97 Å². The molecule has 0 spiro atoms. The fraction of sp³-hybridized carbons (Fsp3) is 0.278. The Morgan fingerprint density at radius 3 is 2.52 bits per heavy atom. The lowest BCUT2D eigenvalue weighted by molar-refractivity contribution is -0.145. The number of esters is 1. The summed E-state index contributed by atoms with van der Waals surface area (Å²) in [5.74, 6) is 0.0273. The summed E-state index contributed by atoms with van der Waals surface area (Å²) in [5, 5.41) is 0. The second kappa shape index (κ2) is 12.4. The zero-order valence-electron chi connectivity index (χ0n) is 25.0. The van der Waals surface area contributed by atoms with Gasteiger partial charge in [0.25, 0.3) is 5.91 Å². The summed E-state index contributed by atoms with van der Waals surface area (Å²) in [5.41, 5.74) is 4.42. The molecule has 0 saturated heterocycles. The number of rotatable bonds is 8. The third-order valence-electron chi connectivity index (χ3n) is 8.40. The molecule has 7 nitrogen and oxygen atoms in total. The molecule has 4 aromatic rings. The number of amides is 1. The number of halogens is 1. The molecule has 3 atom stereocenters. The number of para-hydroxylation sites is 2. The standard InChI is InChI=1S/C36H35FN2O5/c1-23-17-27(42-22-28-20-38(3)33-11-7-8-12-34(33)44-28)14-15-29(23)36(41)39-24(2)30(31-18-26(37)13-16-32(31)39)19-35(40)43-21-25-9-5-4-6-10-25/h4-18,24,28,30H,19-22H2,1-3H3/t24?,28-,30?/m0/s1. The fourth-order valence-electron chi connectivity index (χ4n) is 6.12. The molecule has 1 amide bonds. The van der Waals surface area contributed by atoms with Gasteiger partial charge < -0.3 is 24.0 Å². The first-order chi connectivity index (χ1) is 21.3. The Morgan fingerprint density at radius 1 is 0.955 bits per heavy atom. The number of benzene rings is 4. The van der Waals surface area contributed by atoms with Gasteiger partial charge in [0, 0.05) is 30.3 Å². The number of carbonyl (C=O) groups excluding carboxylic acids is 2. The summed E-state index contributed by atoms with van der Waals surface area (Å²) < 4.78 is 32.1. The molecule has 8 heteroatoms. The van der Waals surface area contributed by atoms with Crippen molar-refractivity contribution in [3.63, 3.8) is 0 Å². The largest absolute Gasteiger partial charge is 0.490 e. The highest BCUT2D eigenvalue weighted by Gasteiger charge is 2.41. The molecule has 2 unspecified atom stereocenters. The van der Waals surface area contributed by atoms with E-state index in [4.69, 9.17) is 14.2 Å². The summed E-state index contributed by atoms with van der Waals surface area (Å²) in [6, 6.07) is 26.7. The molecule has 0 aliphatic carbocycles. The van der Waals surface area contributed by atoms with Crippen molar-refractivity contribution in [1.29, 1.82) is 0 Å². The van der Waals surface area contributed by atoms with Crippen molar-refractivity contribution in [3.8, 4) is 11.5 Å². The third kappa shape index (κ3) is 5.97. The molecule has 0 aromatic heterocycles. The third-order valence-corrected chi connectivity index (χ3v) is 8.40. The second-order valence-electron chi connectivity index (χ2n) is 11.5. The molecule has 2 aliphatic rings. The molecule has 6 rings (SSSR count). The molecule has 4 aromatic carbocycles. The number of ether oxygens (including phenoxy) is 3. The lowest BCUT2D eigenvalue weighted by Gasteiger charge is -2.33. The zero-order chi connectivity index (χ0) is 30.8. The van der Waals surface area contributed by atoms with Crippen LogP contribution in [0.25, 0.3) is 0 Å². The van der Waals surface area contributed by atoms with Crippen LogP contribution in [0, 0.1) is 12.7 Å². The van der Waals surface area contributed by atoms with E-state index in [-0.39, 0.29) is 31.1 Å². The van der Waals surface area contributed by atoms with Crippen molar-refractivity contribution in [2.24, 2.45) is 0 Å². The first-order valence-electron chi connectivity index (χ1n) is 14.8. The van der Waals surface area contributed by atoms with E-state index >= 15 is 0 Å². The van der Waals surface area contributed by atoms with Crippen molar-refractivity contribution in [1.82, 2.24) is 0 Å². The van der Waals surface area contributed by atoms with Crippen molar-refractivity contribution in [3.05, 3.63) is 119 Å². The molecule has 2 heterocycles. The van der Waals surface area contributed by atoms with E-state index in [0.29, 0.717) is 35.7 Å². The monoisotopic (exact) mass is 594 g/mol. The van der Waals surface area contributed by atoms with Gasteiger partial charge in [-0.3, -0.25) is 9.59 Å². The van der Waals surface area contributed by atoms with Crippen LogP contribution in [0.2, 0.25) is 0 Å². The Hall–Kier alpha value is -4.85. The highest BCUT2D eigenvalue weighted by Crippen LogP contribution is 2.44. The quantitative estimate of drug-likeness (QED) is 0.212. The lowest BCUT2D eigenvalue weighted by atomic mass is 9.92. The Kier molecular flexibility index (Phi) is 8.24. The van der Waals surface area contributed by atoms with Crippen LogP contribution in [0.1, 0.15) is 46.3 Å². The van der Waals surface area contributed by atoms with E-state index in [1.54, 1.807) is 23.1 Å². The summed E-state index contributed by atoms with van der Waals surface area (Å²) >= 11 is 0. The highest BCUT2D eigenvalue weighted by atomic mass is 19.1. The number of fused-ring (bicyclic) bond motifs is 2. The Morgan fingerprint density at radius 2 is 1.73 bits per heavy atom. The summed E-state index contributed by atoms with van der Waals surface area (Å²) in [7, 11) is 2.03. The smallest absolute Gasteiger partial charge is 0.306 e. The van der Waals surface area contributed by atoms with Crippen LogP contribution >= 0.6 is 0 Å². The number of nitrogens with zero attached hydrogens (tertiary/aromatic N) is 2. The molecule has 226 valence electrons. The molecule has 0 radical (unpaired) electrons. The first kappa shape index (κ1) is 29.2. The molecular weight excluding hydrogens is 559 g/mol. The maximum Gasteiger partial charge on any atom is 0.306 e. The molecule has 0 fully saturated rings. The number of carbonyl (C=O) groups is 2. The Bertz CT molecular complexity index is 1680. The predicted molar refractivity (Wildman–Crippen MR) is 167 cm³/mol. The van der Waals surface area contributed by atoms with E-state index in [9.17, 15) is 14.0 Å². The van der Waals surface area contributed by atoms with Gasteiger partial charge in [-0.05, 0) is 79.1 Å². The molecule has 2 aliphatic heterocycles. The predicted octanol–water partition coefficient (Wildman–Crippen LogP) is 6.68. The summed E-state index contributed by atoms with van der Waals surface area (Å²) in [6.07, 6.45) is -0.113. The van der Waals surface area contributed by atoms with Gasteiger partial charge in [0.2, 0.25) is 0 Å². The van der Waals surface area contributed by atoms with Crippen LogP contribution in [0.3, 0.4) is 0 Å². The maximum atomic E-state index is 14.4. The minimum atomic E-state index is -0.415. The number of hydrogen-bond donors (Lipinski definition) is 0. The van der Waals surface area contributed by atoms with E-state index in [1.165, 1.54) is 12.1 Å². The number of anilines is 2. The van der Waals surface area contributed by atoms with Crippen molar-refractivity contribution in [2.75, 3.05) is 30.0 Å². The van der Waals surface area contributed by atoms with Gasteiger partial charge in [-0.1, -0.05) is 42.5 Å². The van der Waals surface area contributed by atoms with E-state index < -0.39 is 17.7 Å². The normalized spacial score (nSPS) is 18.7. The number of hydrogen-bond acceptors (Lipinski definition) is 6. The van der Waals surface area contributed by atoms with Gasteiger partial charge in [0.15, 0.2) is 0 Å². The minimum Gasteiger partial charge on any atom is -0.490 e. The van der Waals surface area contributed by atoms with Gasteiger partial charge in [-0.2, -0.15) is 0 Å². The minimum absolute atomic E-state index is 0.0306. The Balaban J connectivity index is 1.14. The van der Waals surface area contributed by atoms with E-state index in [1.807, 2.05) is 81.6 Å². The van der Waals surface area contributed by atoms with Crippen molar-refractivity contribution in [2.45, 2.75) is 44.9 Å². The molecule has 0 bridgehead atoms. The van der Waals surface area contributed by atoms with Gasteiger partial charge in [-0.15, -0.1) is 0 Å². The van der Waals surface area contributed by atoms with Crippen molar-refractivity contribution < 1.29 is 28.2 Å². The SMILES string of the molecule is Cc1cc(OC[C@@H]2CN(C)c3ccccc3O2)ccc1C(=O)N1c2ccc(F)cc2C(CC(=O)OCc2ccccc2)C1C. The first-order valence-corrected chi connectivity index (χ1v) is 14.8. The Labute approximate surface area is 256 Å². The summed E-state index contributed by atoms with van der Waals surface area (Å²) in [6.45, 7) is 4.96. The van der Waals surface area contributed by atoms with Gasteiger partial charge in [0.1, 0.15) is 36.6 Å². The molecule has 44 heavy (non-hydrogen) atoms. The second-order valence-corrected chi connectivity index (χ2v) is 11.5. The van der Waals surface area contributed by atoms with Crippen LogP contribution in [-0.4, -0.2) is 44.2 Å².